The summed E-state index contributed by atoms with van der Waals surface area (Å²) in [5.74, 6) is 1.77. The predicted molar refractivity (Wildman–Crippen MR) is 157 cm³/mol. The fourth-order valence-electron chi connectivity index (χ4n) is 6.12. The molecule has 5 rings (SSSR count). The number of hydrogen-bond acceptors (Lipinski definition) is 6. The topological polar surface area (TPSA) is 89.8 Å². The van der Waals surface area contributed by atoms with Crippen LogP contribution in [0.5, 0.6) is 11.5 Å². The maximum absolute atomic E-state index is 14.0. The SMILES string of the molecule is CCOc1ccc(-n2nnc(C(=O)N3CCC4(CCCCc5ccccc5OCCN(CC)C4=O)CC3)c2C)cc1. The van der Waals surface area contributed by atoms with Crippen LogP contribution < -0.4 is 9.47 Å². The van der Waals surface area contributed by atoms with Crippen LogP contribution >= 0.6 is 0 Å². The van der Waals surface area contributed by atoms with Crippen molar-refractivity contribution >= 4 is 11.8 Å². The Morgan fingerprint density at radius 1 is 1.00 bits per heavy atom. The Morgan fingerprint density at radius 3 is 2.49 bits per heavy atom. The van der Waals surface area contributed by atoms with Gasteiger partial charge in [0.25, 0.3) is 5.91 Å². The summed E-state index contributed by atoms with van der Waals surface area (Å²) in [5.41, 5.74) is 2.64. The van der Waals surface area contributed by atoms with E-state index >= 15 is 0 Å². The standard InChI is InChI=1S/C32H41N5O4/c1-4-35-22-23-41-28-12-7-6-10-25(28)11-8-9-17-32(31(35)39)18-20-36(21-19-32)30(38)29-24(3)37(34-33-29)26-13-15-27(16-14-26)40-5-2/h6-7,10,12-16H,4-5,8-9,11,17-23H2,1-3H3. The van der Waals surface area contributed by atoms with Crippen molar-refractivity contribution < 1.29 is 19.1 Å². The van der Waals surface area contributed by atoms with Gasteiger partial charge in [0.2, 0.25) is 5.91 Å². The number of nitrogens with zero attached hydrogens (tertiary/aromatic N) is 5. The van der Waals surface area contributed by atoms with Crippen molar-refractivity contribution in [3.05, 3.63) is 65.5 Å². The van der Waals surface area contributed by atoms with E-state index in [9.17, 15) is 9.59 Å². The number of aromatic nitrogens is 3. The van der Waals surface area contributed by atoms with E-state index in [0.29, 0.717) is 63.6 Å². The van der Waals surface area contributed by atoms with Crippen LogP contribution in [0.15, 0.2) is 48.5 Å². The molecule has 41 heavy (non-hydrogen) atoms. The molecule has 1 spiro atoms. The number of amides is 2. The van der Waals surface area contributed by atoms with Gasteiger partial charge in [-0.25, -0.2) is 4.68 Å². The first-order chi connectivity index (χ1) is 20.0. The van der Waals surface area contributed by atoms with Gasteiger partial charge in [0, 0.05) is 19.6 Å². The average Bonchev–Trinajstić information content (AvgIpc) is 3.38. The number of likely N-dealkylation sites (tertiary alicyclic amines) is 1. The lowest BCUT2D eigenvalue weighted by atomic mass is 9.73. The fraction of sp³-hybridized carbons (Fsp3) is 0.500. The van der Waals surface area contributed by atoms with Crippen molar-refractivity contribution in [3.8, 4) is 17.2 Å². The zero-order chi connectivity index (χ0) is 28.8. The van der Waals surface area contributed by atoms with Crippen molar-refractivity contribution in [1.82, 2.24) is 24.8 Å². The molecule has 2 amide bonds. The van der Waals surface area contributed by atoms with E-state index in [4.69, 9.17) is 9.47 Å². The molecule has 9 nitrogen and oxygen atoms in total. The number of benzene rings is 2. The minimum absolute atomic E-state index is 0.132. The molecule has 3 heterocycles. The molecule has 0 N–H and O–H groups in total. The van der Waals surface area contributed by atoms with Crippen molar-refractivity contribution in [2.45, 2.75) is 59.3 Å². The number of carbonyl (C=O) groups is 2. The molecule has 0 atom stereocenters. The molecule has 1 saturated heterocycles. The van der Waals surface area contributed by atoms with Crippen molar-refractivity contribution in [3.63, 3.8) is 0 Å². The predicted octanol–water partition coefficient (Wildman–Crippen LogP) is 4.85. The molecular weight excluding hydrogens is 518 g/mol. The van der Waals surface area contributed by atoms with E-state index in [2.05, 4.69) is 22.4 Å². The molecule has 218 valence electrons. The van der Waals surface area contributed by atoms with E-state index in [1.165, 1.54) is 5.56 Å². The highest BCUT2D eigenvalue weighted by Crippen LogP contribution is 2.40. The van der Waals surface area contributed by atoms with E-state index in [1.54, 1.807) is 4.68 Å². The molecular formula is C32H41N5O4. The largest absolute Gasteiger partial charge is 0.494 e. The monoisotopic (exact) mass is 559 g/mol. The van der Waals surface area contributed by atoms with Gasteiger partial charge >= 0.3 is 0 Å². The molecule has 0 saturated carbocycles. The highest BCUT2D eigenvalue weighted by molar-refractivity contribution is 5.93. The first kappa shape index (κ1) is 28.6. The maximum atomic E-state index is 14.0. The quantitative estimate of drug-likeness (QED) is 0.444. The number of aryl methyl sites for hydroxylation is 1. The Hall–Kier alpha value is -3.88. The van der Waals surface area contributed by atoms with E-state index in [1.807, 2.05) is 67.0 Å². The van der Waals surface area contributed by atoms with Crippen molar-refractivity contribution in [2.75, 3.05) is 39.4 Å². The zero-order valence-electron chi connectivity index (χ0n) is 24.5. The van der Waals surface area contributed by atoms with Crippen LogP contribution in [0, 0.1) is 12.3 Å². The summed E-state index contributed by atoms with van der Waals surface area (Å²) in [6.07, 6.45) is 5.03. The van der Waals surface area contributed by atoms with E-state index < -0.39 is 5.41 Å². The first-order valence-electron chi connectivity index (χ1n) is 14.9. The van der Waals surface area contributed by atoms with Gasteiger partial charge in [0.1, 0.15) is 18.1 Å². The Morgan fingerprint density at radius 2 is 1.76 bits per heavy atom. The number of carbonyl (C=O) groups excluding carboxylic acids is 2. The molecule has 2 aliphatic heterocycles. The third-order valence-corrected chi connectivity index (χ3v) is 8.56. The second kappa shape index (κ2) is 12.7. The lowest BCUT2D eigenvalue weighted by Gasteiger charge is -2.43. The molecule has 1 fully saturated rings. The summed E-state index contributed by atoms with van der Waals surface area (Å²) in [7, 11) is 0. The summed E-state index contributed by atoms with van der Waals surface area (Å²) >= 11 is 0. The minimum atomic E-state index is -0.458. The van der Waals surface area contributed by atoms with Crippen LogP contribution in [0.1, 0.15) is 67.7 Å². The normalized spacial score (nSPS) is 17.8. The number of rotatable bonds is 5. The molecule has 0 radical (unpaired) electrons. The molecule has 0 aliphatic carbocycles. The Bertz CT molecular complexity index is 1340. The van der Waals surface area contributed by atoms with Gasteiger partial charge < -0.3 is 19.3 Å². The van der Waals surface area contributed by atoms with Gasteiger partial charge in [-0.15, -0.1) is 5.10 Å². The molecule has 0 unspecified atom stereocenters. The lowest BCUT2D eigenvalue weighted by molar-refractivity contribution is -0.145. The lowest BCUT2D eigenvalue weighted by Crippen LogP contribution is -2.52. The highest BCUT2D eigenvalue weighted by Gasteiger charge is 2.44. The van der Waals surface area contributed by atoms with Crippen LogP contribution in [-0.2, 0) is 11.2 Å². The molecule has 3 aromatic rings. The molecule has 9 heteroatoms. The number of piperidine rings is 1. The summed E-state index contributed by atoms with van der Waals surface area (Å²) in [4.78, 5) is 31.3. The summed E-state index contributed by atoms with van der Waals surface area (Å²) in [6, 6.07) is 15.8. The summed E-state index contributed by atoms with van der Waals surface area (Å²) < 4.78 is 13.3. The molecule has 1 aromatic heterocycles. The second-order valence-electron chi connectivity index (χ2n) is 11.0. The number of para-hydroxylation sites is 1. The number of fused-ring (bicyclic) bond motifs is 1. The zero-order valence-corrected chi connectivity index (χ0v) is 24.5. The molecule has 0 bridgehead atoms. The number of hydrogen-bond donors (Lipinski definition) is 0. The van der Waals surface area contributed by atoms with Gasteiger partial charge in [-0.2, -0.15) is 0 Å². The van der Waals surface area contributed by atoms with Gasteiger partial charge in [0.15, 0.2) is 5.69 Å². The van der Waals surface area contributed by atoms with E-state index in [0.717, 1.165) is 42.9 Å². The van der Waals surface area contributed by atoms with Crippen molar-refractivity contribution in [1.29, 1.82) is 0 Å². The van der Waals surface area contributed by atoms with Crippen LogP contribution in [0.2, 0.25) is 0 Å². The van der Waals surface area contributed by atoms with Gasteiger partial charge in [-0.3, -0.25) is 9.59 Å². The summed E-state index contributed by atoms with van der Waals surface area (Å²) in [6.45, 7) is 9.16. The maximum Gasteiger partial charge on any atom is 0.276 e. The Balaban J connectivity index is 1.28. The second-order valence-corrected chi connectivity index (χ2v) is 11.0. The van der Waals surface area contributed by atoms with Crippen LogP contribution in [-0.4, -0.2) is 76.0 Å². The fourth-order valence-corrected chi connectivity index (χ4v) is 6.12. The van der Waals surface area contributed by atoms with E-state index in [-0.39, 0.29) is 11.8 Å². The third-order valence-electron chi connectivity index (χ3n) is 8.56. The smallest absolute Gasteiger partial charge is 0.276 e. The summed E-state index contributed by atoms with van der Waals surface area (Å²) in [5, 5.41) is 8.53. The Labute approximate surface area is 242 Å². The third kappa shape index (κ3) is 6.09. The number of likely N-dealkylation sites (N-methyl/N-ethyl adjacent to an activating group) is 1. The first-order valence-corrected chi connectivity index (χ1v) is 14.9. The van der Waals surface area contributed by atoms with Gasteiger partial charge in [0.05, 0.1) is 29.9 Å². The number of ether oxygens (including phenoxy) is 2. The average molecular weight is 560 g/mol. The van der Waals surface area contributed by atoms with Crippen LogP contribution in [0.3, 0.4) is 0 Å². The molecule has 2 aromatic carbocycles. The Kier molecular flexibility index (Phi) is 8.90. The molecule has 2 aliphatic rings. The van der Waals surface area contributed by atoms with Crippen LogP contribution in [0.4, 0.5) is 0 Å². The minimum Gasteiger partial charge on any atom is -0.494 e. The van der Waals surface area contributed by atoms with Gasteiger partial charge in [-0.1, -0.05) is 29.8 Å². The van der Waals surface area contributed by atoms with Crippen LogP contribution in [0.25, 0.3) is 5.69 Å². The van der Waals surface area contributed by atoms with Gasteiger partial charge in [-0.05, 0) is 88.8 Å². The van der Waals surface area contributed by atoms with Crippen molar-refractivity contribution in [2.24, 2.45) is 5.41 Å². The highest BCUT2D eigenvalue weighted by atomic mass is 16.5.